The van der Waals surface area contributed by atoms with Gasteiger partial charge in [-0.15, -0.1) is 0 Å². The minimum absolute atomic E-state index is 0.204. The highest BCUT2D eigenvalue weighted by Crippen LogP contribution is 2.12. The van der Waals surface area contributed by atoms with Gasteiger partial charge in [0.15, 0.2) is 5.82 Å². The Morgan fingerprint density at radius 3 is 3.06 bits per heavy atom. The first-order chi connectivity index (χ1) is 7.74. The number of aromatic amines is 1. The van der Waals surface area contributed by atoms with Gasteiger partial charge in [-0.1, -0.05) is 6.92 Å². The molecule has 0 unspecified atom stereocenters. The molecule has 0 saturated heterocycles. The van der Waals surface area contributed by atoms with Crippen LogP contribution in [0.3, 0.4) is 0 Å². The number of imidazole rings is 1. The monoisotopic (exact) mass is 219 g/mol. The van der Waals surface area contributed by atoms with Crippen molar-refractivity contribution in [1.29, 1.82) is 0 Å². The van der Waals surface area contributed by atoms with Crippen LogP contribution in [0.1, 0.15) is 29.5 Å². The van der Waals surface area contributed by atoms with Crippen LogP contribution in [0, 0.1) is 0 Å². The van der Waals surface area contributed by atoms with Crippen molar-refractivity contribution in [2.75, 3.05) is 5.73 Å². The second-order valence-corrected chi connectivity index (χ2v) is 3.47. The van der Waals surface area contributed by atoms with E-state index in [1.807, 2.05) is 11.5 Å². The predicted molar refractivity (Wildman–Crippen MR) is 59.0 cm³/mol. The summed E-state index contributed by atoms with van der Waals surface area (Å²) in [6.07, 6.45) is 5.76. The van der Waals surface area contributed by atoms with E-state index in [1.54, 1.807) is 12.4 Å². The second-order valence-electron chi connectivity index (χ2n) is 3.47. The summed E-state index contributed by atoms with van der Waals surface area (Å²) in [7, 11) is 0. The number of carbonyl (C=O) groups excluding carboxylic acids is 1. The number of carbonyl (C=O) groups is 1. The molecule has 2 heterocycles. The molecule has 0 aliphatic carbocycles. The maximum Gasteiger partial charge on any atom is 0.233 e. The number of nitrogens with two attached hydrogens (primary N) is 1. The molecule has 6 heteroatoms. The number of nitrogen functional groups attached to an aromatic ring is 1. The number of anilines is 1. The van der Waals surface area contributed by atoms with Crippen LogP contribution < -0.4 is 5.73 Å². The molecule has 16 heavy (non-hydrogen) atoms. The lowest BCUT2D eigenvalue weighted by Crippen LogP contribution is -2.12. The molecular formula is C10H13N5O. The smallest absolute Gasteiger partial charge is 0.233 e. The van der Waals surface area contributed by atoms with Crippen molar-refractivity contribution in [3.8, 4) is 0 Å². The lowest BCUT2D eigenvalue weighted by molar-refractivity contribution is 0.102. The summed E-state index contributed by atoms with van der Waals surface area (Å²) in [5, 5.41) is 6.25. The van der Waals surface area contributed by atoms with Crippen molar-refractivity contribution in [2.45, 2.75) is 19.9 Å². The fourth-order valence-corrected chi connectivity index (χ4v) is 1.54. The molecule has 0 amide bonds. The van der Waals surface area contributed by atoms with Gasteiger partial charge in [0, 0.05) is 18.9 Å². The molecule has 0 radical (unpaired) electrons. The second kappa shape index (κ2) is 4.18. The highest BCUT2D eigenvalue weighted by atomic mass is 16.1. The van der Waals surface area contributed by atoms with Gasteiger partial charge >= 0.3 is 0 Å². The number of ketones is 1. The zero-order valence-electron chi connectivity index (χ0n) is 8.97. The number of nitrogens with one attached hydrogen (secondary N) is 1. The molecule has 2 aromatic heterocycles. The van der Waals surface area contributed by atoms with Crippen molar-refractivity contribution < 1.29 is 4.79 Å². The van der Waals surface area contributed by atoms with Gasteiger partial charge in [-0.05, 0) is 6.42 Å². The molecule has 0 aliphatic rings. The molecule has 6 nitrogen and oxygen atoms in total. The van der Waals surface area contributed by atoms with Gasteiger partial charge in [0.2, 0.25) is 5.78 Å². The van der Waals surface area contributed by atoms with Gasteiger partial charge < -0.3 is 10.3 Å². The Kier molecular flexibility index (Phi) is 2.72. The lowest BCUT2D eigenvalue weighted by Gasteiger charge is -2.04. The first-order valence-electron chi connectivity index (χ1n) is 5.08. The van der Waals surface area contributed by atoms with Crippen molar-refractivity contribution in [1.82, 2.24) is 19.7 Å². The van der Waals surface area contributed by atoms with Crippen LogP contribution in [0.4, 0.5) is 5.82 Å². The van der Waals surface area contributed by atoms with Crippen LogP contribution in [0.25, 0.3) is 0 Å². The van der Waals surface area contributed by atoms with Gasteiger partial charge in [-0.25, -0.2) is 4.98 Å². The van der Waals surface area contributed by atoms with E-state index >= 15 is 0 Å². The number of aromatic nitrogens is 4. The molecule has 2 aromatic rings. The van der Waals surface area contributed by atoms with E-state index in [0.29, 0.717) is 11.4 Å². The van der Waals surface area contributed by atoms with Gasteiger partial charge in [-0.2, -0.15) is 5.10 Å². The van der Waals surface area contributed by atoms with E-state index in [9.17, 15) is 4.79 Å². The van der Waals surface area contributed by atoms with Gasteiger partial charge in [-0.3, -0.25) is 9.89 Å². The summed E-state index contributed by atoms with van der Waals surface area (Å²) in [6, 6.07) is 0. The number of nitrogens with zero attached hydrogens (tertiary/aromatic N) is 3. The Morgan fingerprint density at radius 2 is 2.44 bits per heavy atom. The van der Waals surface area contributed by atoms with Crippen molar-refractivity contribution in [3.63, 3.8) is 0 Å². The SMILES string of the molecule is CCCn1ccnc1C(=O)c1cn[nH]c1N. The highest BCUT2D eigenvalue weighted by molar-refractivity contribution is 6.09. The van der Waals surface area contributed by atoms with Crippen LogP contribution in [0.5, 0.6) is 0 Å². The Balaban J connectivity index is 2.34. The fourth-order valence-electron chi connectivity index (χ4n) is 1.54. The van der Waals surface area contributed by atoms with E-state index in [2.05, 4.69) is 15.2 Å². The standard InChI is InChI=1S/C10H13N5O/c1-2-4-15-5-3-12-10(15)8(16)7-6-13-14-9(7)11/h3,5-6H,2,4H2,1H3,(H3,11,13,14). The fraction of sp³-hybridized carbons (Fsp3) is 0.300. The van der Waals surface area contributed by atoms with Gasteiger partial charge in [0.1, 0.15) is 5.82 Å². The van der Waals surface area contributed by atoms with Gasteiger partial charge in [0.25, 0.3) is 0 Å². The summed E-state index contributed by atoms with van der Waals surface area (Å²) in [5.41, 5.74) is 5.96. The maximum absolute atomic E-state index is 12.1. The third kappa shape index (κ3) is 1.69. The Labute approximate surface area is 92.5 Å². The predicted octanol–water partition coefficient (Wildman–Crippen LogP) is 0.829. The third-order valence-electron chi connectivity index (χ3n) is 2.30. The average molecular weight is 219 g/mol. The molecule has 0 spiro atoms. The Bertz CT molecular complexity index is 499. The lowest BCUT2D eigenvalue weighted by atomic mass is 10.2. The Morgan fingerprint density at radius 1 is 1.62 bits per heavy atom. The Hall–Kier alpha value is -2.11. The van der Waals surface area contributed by atoms with E-state index in [4.69, 9.17) is 5.73 Å². The molecule has 0 fully saturated rings. The van der Waals surface area contributed by atoms with E-state index in [0.717, 1.165) is 13.0 Å². The number of hydrogen-bond donors (Lipinski definition) is 2. The van der Waals surface area contributed by atoms with E-state index < -0.39 is 0 Å². The molecular weight excluding hydrogens is 206 g/mol. The van der Waals surface area contributed by atoms with Crippen LogP contribution in [-0.2, 0) is 6.54 Å². The zero-order valence-corrected chi connectivity index (χ0v) is 8.97. The zero-order chi connectivity index (χ0) is 11.5. The first kappa shape index (κ1) is 10.4. The van der Waals surface area contributed by atoms with Crippen LogP contribution in [0.2, 0.25) is 0 Å². The summed E-state index contributed by atoms with van der Waals surface area (Å²) >= 11 is 0. The van der Waals surface area contributed by atoms with Crippen molar-refractivity contribution in [2.24, 2.45) is 0 Å². The molecule has 0 bridgehead atoms. The van der Waals surface area contributed by atoms with Gasteiger partial charge in [0.05, 0.1) is 11.8 Å². The molecule has 2 rings (SSSR count). The van der Waals surface area contributed by atoms with Crippen LogP contribution in [-0.4, -0.2) is 25.5 Å². The summed E-state index contributed by atoms with van der Waals surface area (Å²) in [5.74, 6) is 0.468. The summed E-state index contributed by atoms with van der Waals surface area (Å²) < 4.78 is 1.81. The minimum Gasteiger partial charge on any atom is -0.383 e. The quantitative estimate of drug-likeness (QED) is 0.745. The molecule has 84 valence electrons. The molecule has 3 N–H and O–H groups in total. The molecule has 0 aliphatic heterocycles. The molecule has 0 aromatic carbocycles. The van der Waals surface area contributed by atoms with E-state index in [1.165, 1.54) is 6.20 Å². The van der Waals surface area contributed by atoms with Crippen LogP contribution in [0.15, 0.2) is 18.6 Å². The molecule has 0 saturated carbocycles. The van der Waals surface area contributed by atoms with Crippen molar-refractivity contribution in [3.05, 3.63) is 30.0 Å². The van der Waals surface area contributed by atoms with E-state index in [-0.39, 0.29) is 11.6 Å². The highest BCUT2D eigenvalue weighted by Gasteiger charge is 2.18. The number of rotatable bonds is 4. The normalized spacial score (nSPS) is 10.6. The largest absolute Gasteiger partial charge is 0.383 e. The minimum atomic E-state index is -0.204. The number of hydrogen-bond acceptors (Lipinski definition) is 4. The average Bonchev–Trinajstić information content (AvgIpc) is 2.87. The summed E-state index contributed by atoms with van der Waals surface area (Å²) in [4.78, 5) is 16.1. The van der Waals surface area contributed by atoms with Crippen molar-refractivity contribution >= 4 is 11.6 Å². The topological polar surface area (TPSA) is 89.6 Å². The molecule has 0 atom stereocenters. The summed E-state index contributed by atoms with van der Waals surface area (Å²) in [6.45, 7) is 2.80. The van der Waals surface area contributed by atoms with Crippen LogP contribution >= 0.6 is 0 Å². The number of H-pyrrole nitrogens is 1. The first-order valence-corrected chi connectivity index (χ1v) is 5.08. The maximum atomic E-state index is 12.1. The number of aryl methyl sites for hydroxylation is 1. The third-order valence-corrected chi connectivity index (χ3v) is 2.30.